The number of phenols is 1. The molecule has 1 aliphatic heterocycles. The first-order valence-corrected chi connectivity index (χ1v) is 12.6. The molecule has 4 aromatic rings. The third-order valence-corrected chi connectivity index (χ3v) is 8.29. The molecule has 9 heteroatoms. The van der Waals surface area contributed by atoms with Gasteiger partial charge in [-0.25, -0.2) is 17.2 Å². The number of phenolic OH excluding ortho intramolecular Hbond substituents is 1. The number of piperazine rings is 1. The highest BCUT2D eigenvalue weighted by molar-refractivity contribution is 7.89. The van der Waals surface area contributed by atoms with Crippen LogP contribution < -0.4 is 0 Å². The Morgan fingerprint density at radius 1 is 0.800 bits per heavy atom. The standard InChI is InChI=1S/C26H23F2N3O3S/c27-20-7-3-18(4-8-20)26(19-5-9-21(28)10-6-19)30-14-16-31(17-15-30)35(33,34)24-12-11-23(32)25-22(24)2-1-13-29-25/h1-13,26,32H,14-17H2. The summed E-state index contributed by atoms with van der Waals surface area (Å²) in [6.45, 7) is 1.33. The van der Waals surface area contributed by atoms with Gasteiger partial charge < -0.3 is 5.11 Å². The minimum atomic E-state index is -3.84. The zero-order valence-corrected chi connectivity index (χ0v) is 19.5. The molecule has 0 saturated carbocycles. The maximum atomic E-state index is 13.6. The number of aromatic hydroxyl groups is 1. The highest BCUT2D eigenvalue weighted by atomic mass is 32.2. The van der Waals surface area contributed by atoms with Gasteiger partial charge in [0.05, 0.1) is 10.9 Å². The van der Waals surface area contributed by atoms with Gasteiger partial charge in [0.1, 0.15) is 22.9 Å². The van der Waals surface area contributed by atoms with Crippen molar-refractivity contribution in [1.82, 2.24) is 14.2 Å². The number of fused-ring (bicyclic) bond motifs is 1. The summed E-state index contributed by atoms with van der Waals surface area (Å²) in [4.78, 5) is 6.33. The van der Waals surface area contributed by atoms with Crippen LogP contribution in [0, 0.1) is 11.6 Å². The van der Waals surface area contributed by atoms with Crippen molar-refractivity contribution in [2.24, 2.45) is 0 Å². The first kappa shape index (κ1) is 23.3. The molecule has 1 saturated heterocycles. The highest BCUT2D eigenvalue weighted by Crippen LogP contribution is 2.33. The lowest BCUT2D eigenvalue weighted by Crippen LogP contribution is -2.49. The van der Waals surface area contributed by atoms with Crippen molar-refractivity contribution in [1.29, 1.82) is 0 Å². The predicted molar refractivity (Wildman–Crippen MR) is 128 cm³/mol. The van der Waals surface area contributed by atoms with E-state index in [0.717, 1.165) is 11.1 Å². The molecule has 0 unspecified atom stereocenters. The Balaban J connectivity index is 1.43. The van der Waals surface area contributed by atoms with Crippen molar-refractivity contribution in [3.63, 3.8) is 0 Å². The van der Waals surface area contributed by atoms with Crippen LogP contribution in [0.25, 0.3) is 10.9 Å². The van der Waals surface area contributed by atoms with Gasteiger partial charge in [-0.05, 0) is 59.7 Å². The fraction of sp³-hybridized carbons (Fsp3) is 0.192. The Kier molecular flexibility index (Phi) is 6.22. The van der Waals surface area contributed by atoms with Crippen molar-refractivity contribution < 1.29 is 22.3 Å². The minimum Gasteiger partial charge on any atom is -0.506 e. The summed E-state index contributed by atoms with van der Waals surface area (Å²) < 4.78 is 55.6. The van der Waals surface area contributed by atoms with E-state index >= 15 is 0 Å². The van der Waals surface area contributed by atoms with Crippen molar-refractivity contribution in [3.8, 4) is 5.75 Å². The van der Waals surface area contributed by atoms with Crippen LogP contribution in [0.3, 0.4) is 0 Å². The Bertz CT molecular complexity index is 1410. The van der Waals surface area contributed by atoms with Gasteiger partial charge in [0.2, 0.25) is 10.0 Å². The van der Waals surface area contributed by atoms with E-state index in [4.69, 9.17) is 0 Å². The first-order valence-electron chi connectivity index (χ1n) is 11.2. The maximum Gasteiger partial charge on any atom is 0.243 e. The summed E-state index contributed by atoms with van der Waals surface area (Å²) in [5.74, 6) is -0.776. The average molecular weight is 496 g/mol. The van der Waals surface area contributed by atoms with Gasteiger partial charge in [0.25, 0.3) is 0 Å². The Labute approximate surface area is 202 Å². The van der Waals surface area contributed by atoms with Gasteiger partial charge in [-0.1, -0.05) is 24.3 Å². The molecule has 180 valence electrons. The third kappa shape index (κ3) is 4.50. The fourth-order valence-corrected chi connectivity index (χ4v) is 6.21. The Hall–Kier alpha value is -3.40. The predicted octanol–water partition coefficient (Wildman–Crippen LogP) is 4.31. The summed E-state index contributed by atoms with van der Waals surface area (Å²) in [5, 5.41) is 10.5. The molecule has 5 rings (SSSR count). The second kappa shape index (κ2) is 9.33. The van der Waals surface area contributed by atoms with E-state index in [1.807, 2.05) is 0 Å². The van der Waals surface area contributed by atoms with E-state index in [-0.39, 0.29) is 46.9 Å². The summed E-state index contributed by atoms with van der Waals surface area (Å²) in [5.41, 5.74) is 1.91. The largest absolute Gasteiger partial charge is 0.506 e. The number of rotatable bonds is 5. The fourth-order valence-electron chi connectivity index (χ4n) is 4.60. The summed E-state index contributed by atoms with van der Waals surface area (Å²) >= 11 is 0. The molecule has 1 aromatic heterocycles. The van der Waals surface area contributed by atoms with Gasteiger partial charge in [0, 0.05) is 37.8 Å². The van der Waals surface area contributed by atoms with Gasteiger partial charge in [-0.2, -0.15) is 4.31 Å². The molecule has 0 radical (unpaired) electrons. The van der Waals surface area contributed by atoms with Gasteiger partial charge in [-0.3, -0.25) is 9.88 Å². The maximum absolute atomic E-state index is 13.6. The molecule has 0 aliphatic carbocycles. The normalized spacial score (nSPS) is 15.6. The molecule has 1 N–H and O–H groups in total. The highest BCUT2D eigenvalue weighted by Gasteiger charge is 2.33. The van der Waals surface area contributed by atoms with E-state index in [9.17, 15) is 22.3 Å². The second-order valence-electron chi connectivity index (χ2n) is 8.43. The molecule has 0 amide bonds. The number of hydrogen-bond acceptors (Lipinski definition) is 5. The summed E-state index contributed by atoms with van der Waals surface area (Å²) in [7, 11) is -3.84. The van der Waals surface area contributed by atoms with Crippen LogP contribution in [-0.4, -0.2) is 53.9 Å². The van der Waals surface area contributed by atoms with Crippen LogP contribution in [0.1, 0.15) is 17.2 Å². The van der Waals surface area contributed by atoms with Crippen LogP contribution in [0.4, 0.5) is 8.78 Å². The van der Waals surface area contributed by atoms with E-state index < -0.39 is 10.0 Å². The van der Waals surface area contributed by atoms with Crippen LogP contribution in [0.5, 0.6) is 5.75 Å². The lowest BCUT2D eigenvalue weighted by molar-refractivity contribution is 0.155. The number of nitrogens with zero attached hydrogens (tertiary/aromatic N) is 3. The zero-order chi connectivity index (χ0) is 24.6. The Morgan fingerprint density at radius 2 is 1.37 bits per heavy atom. The summed E-state index contributed by atoms with van der Waals surface area (Å²) in [6.07, 6.45) is 1.50. The molecule has 35 heavy (non-hydrogen) atoms. The van der Waals surface area contributed by atoms with Crippen molar-refractivity contribution >= 4 is 20.9 Å². The average Bonchev–Trinajstić information content (AvgIpc) is 2.87. The second-order valence-corrected chi connectivity index (χ2v) is 10.3. The summed E-state index contributed by atoms with van der Waals surface area (Å²) in [6, 6.07) is 18.1. The number of pyridine rings is 1. The van der Waals surface area contributed by atoms with Crippen molar-refractivity contribution in [3.05, 3.63) is 102 Å². The molecule has 1 fully saturated rings. The smallest absolute Gasteiger partial charge is 0.243 e. The van der Waals surface area contributed by atoms with E-state index in [1.165, 1.54) is 46.9 Å². The van der Waals surface area contributed by atoms with Crippen molar-refractivity contribution in [2.45, 2.75) is 10.9 Å². The molecular weight excluding hydrogens is 472 g/mol. The minimum absolute atomic E-state index is 0.0780. The number of sulfonamides is 1. The quantitative estimate of drug-likeness (QED) is 0.447. The van der Waals surface area contributed by atoms with E-state index in [0.29, 0.717) is 18.5 Å². The molecular formula is C26H23F2N3O3S. The van der Waals surface area contributed by atoms with E-state index in [2.05, 4.69) is 9.88 Å². The molecule has 1 aliphatic rings. The van der Waals surface area contributed by atoms with Crippen LogP contribution in [-0.2, 0) is 10.0 Å². The first-order chi connectivity index (χ1) is 16.8. The lowest BCUT2D eigenvalue weighted by atomic mass is 9.96. The Morgan fingerprint density at radius 3 is 1.94 bits per heavy atom. The number of aromatic nitrogens is 1. The number of benzene rings is 3. The zero-order valence-electron chi connectivity index (χ0n) is 18.7. The molecule has 0 atom stereocenters. The SMILES string of the molecule is O=S(=O)(c1ccc(O)c2ncccc12)N1CCN(C(c2ccc(F)cc2)c2ccc(F)cc2)CC1. The van der Waals surface area contributed by atoms with Gasteiger partial charge in [-0.15, -0.1) is 0 Å². The number of hydrogen-bond donors (Lipinski definition) is 1. The van der Waals surface area contributed by atoms with Gasteiger partial charge >= 0.3 is 0 Å². The number of halogens is 2. The van der Waals surface area contributed by atoms with E-state index in [1.54, 1.807) is 36.4 Å². The van der Waals surface area contributed by atoms with Crippen LogP contribution in [0.15, 0.2) is 83.9 Å². The molecule has 3 aromatic carbocycles. The monoisotopic (exact) mass is 495 g/mol. The van der Waals surface area contributed by atoms with Crippen molar-refractivity contribution in [2.75, 3.05) is 26.2 Å². The third-order valence-electron chi connectivity index (χ3n) is 6.34. The van der Waals surface area contributed by atoms with Crippen LogP contribution in [0.2, 0.25) is 0 Å². The molecule has 0 spiro atoms. The molecule has 2 heterocycles. The van der Waals surface area contributed by atoms with Gasteiger partial charge in [0.15, 0.2) is 0 Å². The van der Waals surface area contributed by atoms with Crippen LogP contribution >= 0.6 is 0 Å². The molecule has 6 nitrogen and oxygen atoms in total. The lowest BCUT2D eigenvalue weighted by Gasteiger charge is -2.39. The topological polar surface area (TPSA) is 73.7 Å². The molecule has 0 bridgehead atoms.